The number of amides is 1. The van der Waals surface area contributed by atoms with Gasteiger partial charge in [0.25, 0.3) is 0 Å². The normalized spacial score (nSPS) is 25.8. The molecule has 220 valence electrons. The summed E-state index contributed by atoms with van der Waals surface area (Å²) < 4.78 is 30.2. The van der Waals surface area contributed by atoms with Gasteiger partial charge in [0.15, 0.2) is 5.65 Å². The number of likely N-dealkylation sites (N-methyl/N-ethyl adjacent to an activating group) is 1. The Kier molecular flexibility index (Phi) is 8.03. The Morgan fingerprint density at radius 3 is 2.41 bits per heavy atom. The van der Waals surface area contributed by atoms with Gasteiger partial charge in [-0.1, -0.05) is 0 Å². The van der Waals surface area contributed by atoms with Crippen molar-refractivity contribution in [1.82, 2.24) is 29.3 Å². The van der Waals surface area contributed by atoms with E-state index in [1.54, 1.807) is 6.20 Å². The molecule has 2 aliphatic carbocycles. The Hall–Kier alpha value is -3.38. The van der Waals surface area contributed by atoms with E-state index in [2.05, 4.69) is 27.6 Å². The number of imidazole rings is 1. The van der Waals surface area contributed by atoms with Crippen LogP contribution < -0.4 is 16.4 Å². The summed E-state index contributed by atoms with van der Waals surface area (Å²) in [7, 11) is 2.08. The maximum atomic E-state index is 14.6. The number of nitrogens with zero attached hydrogens (tertiary/aromatic N) is 6. The minimum Gasteiger partial charge on any atom is -0.351 e. The summed E-state index contributed by atoms with van der Waals surface area (Å²) in [6.07, 6.45) is 8.60. The van der Waals surface area contributed by atoms with Gasteiger partial charge in [0.05, 0.1) is 11.9 Å². The largest absolute Gasteiger partial charge is 0.351 e. The lowest BCUT2D eigenvalue weighted by molar-refractivity contribution is -0.138. The van der Waals surface area contributed by atoms with Crippen LogP contribution in [0.1, 0.15) is 57.4 Å². The minimum absolute atomic E-state index is 0.0000740. The first kappa shape index (κ1) is 27.8. The van der Waals surface area contributed by atoms with Gasteiger partial charge in [0, 0.05) is 56.3 Å². The van der Waals surface area contributed by atoms with Crippen LogP contribution in [0.25, 0.3) is 11.2 Å². The van der Waals surface area contributed by atoms with Gasteiger partial charge in [0.2, 0.25) is 17.8 Å². The van der Waals surface area contributed by atoms with E-state index in [1.807, 2.05) is 9.47 Å². The third-order valence-electron chi connectivity index (χ3n) is 8.94. The molecule has 3 fully saturated rings. The molecule has 1 saturated heterocycles. The summed E-state index contributed by atoms with van der Waals surface area (Å²) in [5, 5.41) is 6.54. The number of anilines is 3. The lowest BCUT2D eigenvalue weighted by Crippen LogP contribution is -2.49. The maximum Gasteiger partial charge on any atom is 0.225 e. The van der Waals surface area contributed by atoms with Crippen molar-refractivity contribution in [3.8, 4) is 0 Å². The molecular formula is C29H39F2N9O. The Morgan fingerprint density at radius 1 is 0.976 bits per heavy atom. The first-order chi connectivity index (χ1) is 19.8. The average molecular weight is 568 g/mol. The van der Waals surface area contributed by atoms with Gasteiger partial charge >= 0.3 is 0 Å². The number of rotatable bonds is 6. The van der Waals surface area contributed by atoms with Crippen molar-refractivity contribution in [2.24, 2.45) is 11.7 Å². The molecule has 2 saturated carbocycles. The molecule has 2 aromatic heterocycles. The zero-order valence-corrected chi connectivity index (χ0v) is 23.5. The quantitative estimate of drug-likeness (QED) is 0.409. The third kappa shape index (κ3) is 6.13. The number of benzene rings is 1. The molecule has 1 aliphatic heterocycles. The predicted octanol–water partition coefficient (Wildman–Crippen LogP) is 4.04. The van der Waals surface area contributed by atoms with Crippen LogP contribution in [0.3, 0.4) is 0 Å². The van der Waals surface area contributed by atoms with Gasteiger partial charge in [-0.2, -0.15) is 4.98 Å². The molecule has 10 nitrogen and oxygen atoms in total. The number of nitrogens with one attached hydrogen (secondary N) is 2. The third-order valence-corrected chi connectivity index (χ3v) is 8.94. The molecule has 0 spiro atoms. The zero-order chi connectivity index (χ0) is 28.5. The molecule has 6 rings (SSSR count). The maximum absolute atomic E-state index is 14.6. The molecular weight excluding hydrogens is 528 g/mol. The molecule has 0 atom stereocenters. The molecule has 3 aliphatic rings. The Morgan fingerprint density at radius 2 is 1.71 bits per heavy atom. The van der Waals surface area contributed by atoms with E-state index in [-0.39, 0.29) is 35.6 Å². The second kappa shape index (κ2) is 11.8. The van der Waals surface area contributed by atoms with Crippen molar-refractivity contribution in [2.75, 3.05) is 43.9 Å². The highest BCUT2D eigenvalue weighted by molar-refractivity contribution is 5.79. The van der Waals surface area contributed by atoms with Crippen LogP contribution >= 0.6 is 0 Å². The SMILES string of the molecule is CN1CCN(C(=O)C2CCC(n3c(Nc4ccc(F)cc4F)nc4cnc(NC5CCC(N)CC5)nc43)CC2)CC1. The van der Waals surface area contributed by atoms with Crippen LogP contribution in [0.4, 0.5) is 26.4 Å². The highest BCUT2D eigenvalue weighted by Crippen LogP contribution is 2.38. The lowest BCUT2D eigenvalue weighted by Gasteiger charge is -2.37. The number of hydrogen-bond donors (Lipinski definition) is 3. The average Bonchev–Trinajstić information content (AvgIpc) is 3.33. The summed E-state index contributed by atoms with van der Waals surface area (Å²) in [4.78, 5) is 31.6. The number of piperazine rings is 1. The summed E-state index contributed by atoms with van der Waals surface area (Å²) >= 11 is 0. The molecule has 12 heteroatoms. The van der Waals surface area contributed by atoms with Crippen LogP contribution in [0.5, 0.6) is 0 Å². The van der Waals surface area contributed by atoms with E-state index >= 15 is 0 Å². The van der Waals surface area contributed by atoms with E-state index in [0.717, 1.165) is 83.6 Å². The molecule has 3 heterocycles. The van der Waals surface area contributed by atoms with Crippen LogP contribution in [-0.4, -0.2) is 80.5 Å². The van der Waals surface area contributed by atoms with E-state index in [4.69, 9.17) is 15.7 Å². The monoisotopic (exact) mass is 567 g/mol. The van der Waals surface area contributed by atoms with E-state index in [9.17, 15) is 13.6 Å². The molecule has 0 unspecified atom stereocenters. The number of halogens is 2. The van der Waals surface area contributed by atoms with E-state index < -0.39 is 11.6 Å². The predicted molar refractivity (Wildman–Crippen MR) is 154 cm³/mol. The molecule has 0 bridgehead atoms. The number of nitrogens with two attached hydrogens (primary N) is 1. The summed E-state index contributed by atoms with van der Waals surface area (Å²) in [5.74, 6) is -0.143. The summed E-state index contributed by atoms with van der Waals surface area (Å²) in [5.41, 5.74) is 7.44. The van der Waals surface area contributed by atoms with E-state index in [1.165, 1.54) is 12.1 Å². The van der Waals surface area contributed by atoms with Gasteiger partial charge in [-0.3, -0.25) is 9.36 Å². The smallest absolute Gasteiger partial charge is 0.225 e. The topological polar surface area (TPSA) is 117 Å². The van der Waals surface area contributed by atoms with Crippen molar-refractivity contribution in [1.29, 1.82) is 0 Å². The fraction of sp³-hybridized carbons (Fsp3) is 0.586. The number of aromatic nitrogens is 4. The van der Waals surface area contributed by atoms with Gasteiger partial charge in [0.1, 0.15) is 17.2 Å². The highest BCUT2D eigenvalue weighted by Gasteiger charge is 2.33. The Labute approximate surface area is 238 Å². The van der Waals surface area contributed by atoms with Crippen molar-refractivity contribution < 1.29 is 13.6 Å². The van der Waals surface area contributed by atoms with Crippen molar-refractivity contribution >= 4 is 34.7 Å². The Balaban J connectivity index is 1.25. The molecule has 4 N–H and O–H groups in total. The van der Waals surface area contributed by atoms with Gasteiger partial charge in [-0.05, 0) is 70.5 Å². The highest BCUT2D eigenvalue weighted by atomic mass is 19.1. The number of hydrogen-bond acceptors (Lipinski definition) is 8. The molecule has 1 amide bonds. The second-order valence-electron chi connectivity index (χ2n) is 11.8. The summed E-state index contributed by atoms with van der Waals surface area (Å²) in [6.45, 7) is 3.36. The molecule has 3 aromatic rings. The standard InChI is InChI=1S/C29H39F2N9O/c1-38-12-14-39(15-13-38)27(41)18-2-9-22(10-3-18)40-26-25(36-29(40)35-24-11-4-19(30)16-23(24)31)17-33-28(37-26)34-21-7-5-20(32)6-8-21/h4,11,16-18,20-22H,2-3,5-10,12-15,32H2,1H3,(H,35,36)(H,33,34,37). The first-order valence-electron chi connectivity index (χ1n) is 14.8. The number of carbonyl (C=O) groups is 1. The van der Waals surface area contributed by atoms with Crippen LogP contribution in [0, 0.1) is 17.6 Å². The first-order valence-corrected chi connectivity index (χ1v) is 14.8. The minimum atomic E-state index is -0.700. The van der Waals surface area contributed by atoms with Crippen molar-refractivity contribution in [2.45, 2.75) is 69.5 Å². The summed E-state index contributed by atoms with van der Waals surface area (Å²) in [6, 6.07) is 3.94. The van der Waals surface area contributed by atoms with Crippen LogP contribution in [0.15, 0.2) is 24.4 Å². The molecule has 41 heavy (non-hydrogen) atoms. The van der Waals surface area contributed by atoms with Gasteiger partial charge in [-0.25, -0.2) is 18.7 Å². The molecule has 0 radical (unpaired) electrons. The van der Waals surface area contributed by atoms with Crippen LogP contribution in [-0.2, 0) is 4.79 Å². The molecule has 1 aromatic carbocycles. The number of fused-ring (bicyclic) bond motifs is 1. The Bertz CT molecular complexity index is 1370. The van der Waals surface area contributed by atoms with Gasteiger partial charge < -0.3 is 26.2 Å². The number of carbonyl (C=O) groups excluding carboxylic acids is 1. The second-order valence-corrected chi connectivity index (χ2v) is 11.8. The van der Waals surface area contributed by atoms with Crippen molar-refractivity contribution in [3.05, 3.63) is 36.0 Å². The van der Waals surface area contributed by atoms with Crippen LogP contribution in [0.2, 0.25) is 0 Å². The lowest BCUT2D eigenvalue weighted by atomic mass is 9.85. The fourth-order valence-electron chi connectivity index (χ4n) is 6.42. The fourth-order valence-corrected chi connectivity index (χ4v) is 6.42. The van der Waals surface area contributed by atoms with Crippen molar-refractivity contribution in [3.63, 3.8) is 0 Å². The van der Waals surface area contributed by atoms with Gasteiger partial charge in [-0.15, -0.1) is 0 Å². The zero-order valence-electron chi connectivity index (χ0n) is 23.5. The van der Waals surface area contributed by atoms with E-state index in [0.29, 0.717) is 23.1 Å².